The summed E-state index contributed by atoms with van der Waals surface area (Å²) in [5.41, 5.74) is -0.113. The third-order valence-electron chi connectivity index (χ3n) is 2.78. The molecule has 1 rings (SSSR count). The van der Waals surface area contributed by atoms with Crippen LogP contribution in [0.4, 0.5) is 5.13 Å². The van der Waals surface area contributed by atoms with Crippen LogP contribution in [0.5, 0.6) is 0 Å². The van der Waals surface area contributed by atoms with Gasteiger partial charge >= 0.3 is 0 Å². The van der Waals surface area contributed by atoms with Gasteiger partial charge in [0.05, 0.1) is 5.60 Å². The van der Waals surface area contributed by atoms with Crippen LogP contribution in [0.15, 0.2) is 0 Å². The fourth-order valence-electron chi connectivity index (χ4n) is 1.84. The fourth-order valence-corrected chi connectivity index (χ4v) is 2.55. The maximum atomic E-state index is 5.43. The molecule has 1 atom stereocenters. The zero-order valence-electron chi connectivity index (χ0n) is 12.3. The Balaban J connectivity index is 2.49. The van der Waals surface area contributed by atoms with Crippen molar-refractivity contribution in [1.82, 2.24) is 9.36 Å². The fraction of sp³-hybridized carbons (Fsp3) is 0.846. The van der Waals surface area contributed by atoms with Crippen molar-refractivity contribution in [2.75, 3.05) is 12.4 Å². The lowest BCUT2D eigenvalue weighted by Crippen LogP contribution is -2.31. The highest BCUT2D eigenvalue weighted by molar-refractivity contribution is 7.09. The standard InChI is InChI=1S/C13H25N3OS/c1-9(2)7-11-15-12(18-16-11)14-10(3)8-13(4,5)17-6/h9-10H,7-8H2,1-6H3,(H,14,15,16). The highest BCUT2D eigenvalue weighted by atomic mass is 32.1. The van der Waals surface area contributed by atoms with Crippen molar-refractivity contribution in [2.45, 2.75) is 59.1 Å². The minimum atomic E-state index is -0.113. The van der Waals surface area contributed by atoms with Crippen molar-refractivity contribution >= 4 is 16.7 Å². The van der Waals surface area contributed by atoms with Gasteiger partial charge in [-0.15, -0.1) is 0 Å². The van der Waals surface area contributed by atoms with Crippen LogP contribution in [0.2, 0.25) is 0 Å². The predicted molar refractivity (Wildman–Crippen MR) is 77.2 cm³/mol. The van der Waals surface area contributed by atoms with E-state index < -0.39 is 0 Å². The molecular weight excluding hydrogens is 246 g/mol. The molecule has 0 bridgehead atoms. The molecule has 0 saturated carbocycles. The van der Waals surface area contributed by atoms with Crippen molar-refractivity contribution in [3.05, 3.63) is 5.82 Å². The van der Waals surface area contributed by atoms with E-state index in [-0.39, 0.29) is 5.60 Å². The Morgan fingerprint density at radius 1 is 1.33 bits per heavy atom. The molecular formula is C13H25N3OS. The second kappa shape index (κ2) is 6.48. The normalized spacial score (nSPS) is 13.9. The Hall–Kier alpha value is -0.680. The number of methoxy groups -OCH3 is 1. The average Bonchev–Trinajstić information content (AvgIpc) is 2.63. The lowest BCUT2D eigenvalue weighted by molar-refractivity contribution is 0.0128. The summed E-state index contributed by atoms with van der Waals surface area (Å²) in [6, 6.07) is 0.319. The van der Waals surface area contributed by atoms with Crippen LogP contribution in [0.25, 0.3) is 0 Å². The molecule has 0 aliphatic rings. The largest absolute Gasteiger partial charge is 0.379 e. The van der Waals surface area contributed by atoms with Crippen molar-refractivity contribution in [3.63, 3.8) is 0 Å². The molecule has 0 aliphatic heterocycles. The quantitative estimate of drug-likeness (QED) is 0.826. The number of anilines is 1. The van der Waals surface area contributed by atoms with Crippen molar-refractivity contribution in [2.24, 2.45) is 5.92 Å². The molecule has 0 radical (unpaired) electrons. The third-order valence-corrected chi connectivity index (χ3v) is 3.46. The summed E-state index contributed by atoms with van der Waals surface area (Å²) in [5.74, 6) is 1.54. The smallest absolute Gasteiger partial charge is 0.202 e. The van der Waals surface area contributed by atoms with E-state index in [9.17, 15) is 0 Å². The summed E-state index contributed by atoms with van der Waals surface area (Å²) in [7, 11) is 1.75. The van der Waals surface area contributed by atoms with E-state index in [4.69, 9.17) is 4.74 Å². The van der Waals surface area contributed by atoms with Gasteiger partial charge in [-0.05, 0) is 33.1 Å². The van der Waals surface area contributed by atoms with E-state index in [1.165, 1.54) is 11.5 Å². The molecule has 0 spiro atoms. The van der Waals surface area contributed by atoms with Crippen molar-refractivity contribution in [1.29, 1.82) is 0 Å². The number of ether oxygens (including phenoxy) is 1. The van der Waals surface area contributed by atoms with Crippen LogP contribution in [0.1, 0.15) is 46.9 Å². The average molecular weight is 271 g/mol. The van der Waals surface area contributed by atoms with E-state index in [1.807, 2.05) is 0 Å². The van der Waals surface area contributed by atoms with Crippen molar-refractivity contribution < 1.29 is 4.74 Å². The van der Waals surface area contributed by atoms with Crippen molar-refractivity contribution in [3.8, 4) is 0 Å². The minimum Gasteiger partial charge on any atom is -0.379 e. The predicted octanol–water partition coefficient (Wildman–Crippen LogP) is 3.35. The van der Waals surface area contributed by atoms with Gasteiger partial charge in [-0.25, -0.2) is 4.98 Å². The Bertz CT molecular complexity index is 363. The molecule has 0 fully saturated rings. The first-order valence-corrected chi connectivity index (χ1v) is 7.24. The Morgan fingerprint density at radius 2 is 2.00 bits per heavy atom. The van der Waals surface area contributed by atoms with Crippen LogP contribution < -0.4 is 5.32 Å². The summed E-state index contributed by atoms with van der Waals surface area (Å²) in [4.78, 5) is 4.50. The molecule has 1 aromatic heterocycles. The first-order valence-electron chi connectivity index (χ1n) is 6.46. The summed E-state index contributed by atoms with van der Waals surface area (Å²) in [6.45, 7) is 10.7. The molecule has 0 aliphatic carbocycles. The summed E-state index contributed by atoms with van der Waals surface area (Å²) in [5, 5.41) is 4.30. The molecule has 1 aromatic rings. The Labute approximate surface area is 114 Å². The lowest BCUT2D eigenvalue weighted by atomic mass is 10.0. The molecule has 0 amide bonds. The minimum absolute atomic E-state index is 0.113. The van der Waals surface area contributed by atoms with Crippen LogP contribution in [-0.2, 0) is 11.2 Å². The summed E-state index contributed by atoms with van der Waals surface area (Å²) in [6.07, 6.45) is 1.87. The third kappa shape index (κ3) is 5.31. The molecule has 1 heterocycles. The van der Waals surface area contributed by atoms with Gasteiger partial charge in [0.1, 0.15) is 5.82 Å². The van der Waals surface area contributed by atoms with E-state index in [1.54, 1.807) is 7.11 Å². The van der Waals surface area contributed by atoms with Crippen LogP contribution in [0, 0.1) is 5.92 Å². The zero-order chi connectivity index (χ0) is 13.8. The van der Waals surface area contributed by atoms with E-state index >= 15 is 0 Å². The zero-order valence-corrected chi connectivity index (χ0v) is 13.1. The first kappa shape index (κ1) is 15.4. The molecule has 18 heavy (non-hydrogen) atoms. The Morgan fingerprint density at radius 3 is 2.56 bits per heavy atom. The number of nitrogens with zero attached hydrogens (tertiary/aromatic N) is 2. The van der Waals surface area contributed by atoms with Gasteiger partial charge in [0.25, 0.3) is 0 Å². The Kier molecular flexibility index (Phi) is 5.53. The highest BCUT2D eigenvalue weighted by Gasteiger charge is 2.20. The number of nitrogens with one attached hydrogen (secondary N) is 1. The maximum Gasteiger partial charge on any atom is 0.202 e. The van der Waals surface area contributed by atoms with Gasteiger partial charge in [-0.2, -0.15) is 4.37 Å². The van der Waals surface area contributed by atoms with Gasteiger partial charge in [-0.1, -0.05) is 13.8 Å². The lowest BCUT2D eigenvalue weighted by Gasteiger charge is -2.26. The van der Waals surface area contributed by atoms with Gasteiger partial charge in [-0.3, -0.25) is 0 Å². The van der Waals surface area contributed by atoms with Gasteiger partial charge < -0.3 is 10.1 Å². The molecule has 5 heteroatoms. The topological polar surface area (TPSA) is 47.0 Å². The molecule has 1 N–H and O–H groups in total. The van der Waals surface area contributed by atoms with Gasteiger partial charge in [0.15, 0.2) is 0 Å². The van der Waals surface area contributed by atoms with E-state index in [0.29, 0.717) is 12.0 Å². The molecule has 1 unspecified atom stereocenters. The molecule has 0 aromatic carbocycles. The van der Waals surface area contributed by atoms with E-state index in [0.717, 1.165) is 23.8 Å². The number of hydrogen-bond donors (Lipinski definition) is 1. The van der Waals surface area contributed by atoms with Crippen LogP contribution in [-0.4, -0.2) is 28.1 Å². The number of aromatic nitrogens is 2. The maximum absolute atomic E-state index is 5.43. The van der Waals surface area contributed by atoms with E-state index in [2.05, 4.69) is 49.3 Å². The SMILES string of the molecule is COC(C)(C)CC(C)Nc1nc(CC(C)C)ns1. The summed E-state index contributed by atoms with van der Waals surface area (Å²) < 4.78 is 9.79. The van der Waals surface area contributed by atoms with Crippen LogP contribution >= 0.6 is 11.5 Å². The van der Waals surface area contributed by atoms with Gasteiger partial charge in [0.2, 0.25) is 5.13 Å². The highest BCUT2D eigenvalue weighted by Crippen LogP contribution is 2.20. The molecule has 0 saturated heterocycles. The number of rotatable bonds is 7. The number of hydrogen-bond acceptors (Lipinski definition) is 5. The second-order valence-corrected chi connectivity index (χ2v) is 6.58. The summed E-state index contributed by atoms with van der Waals surface area (Å²) >= 11 is 1.44. The molecule has 104 valence electrons. The second-order valence-electron chi connectivity index (χ2n) is 5.83. The monoisotopic (exact) mass is 271 g/mol. The van der Waals surface area contributed by atoms with Gasteiger partial charge in [0, 0.05) is 31.1 Å². The van der Waals surface area contributed by atoms with Crippen LogP contribution in [0.3, 0.4) is 0 Å². The first-order chi connectivity index (χ1) is 8.32. The molecule has 4 nitrogen and oxygen atoms in total.